The van der Waals surface area contributed by atoms with Gasteiger partial charge in [-0.3, -0.25) is 4.68 Å². The molecular weight excluding hydrogens is 286 g/mol. The van der Waals surface area contributed by atoms with Crippen LogP contribution < -0.4 is 10.1 Å². The summed E-state index contributed by atoms with van der Waals surface area (Å²) in [7, 11) is 1.68. The third kappa shape index (κ3) is 3.24. The lowest BCUT2D eigenvalue weighted by Gasteiger charge is -2.20. The summed E-state index contributed by atoms with van der Waals surface area (Å²) in [6.07, 6.45) is 3.71. The van der Waals surface area contributed by atoms with Gasteiger partial charge < -0.3 is 10.1 Å². The van der Waals surface area contributed by atoms with E-state index < -0.39 is 0 Å². The van der Waals surface area contributed by atoms with Crippen LogP contribution in [0.2, 0.25) is 0 Å². The summed E-state index contributed by atoms with van der Waals surface area (Å²) >= 11 is 1.45. The minimum atomic E-state index is 0.0253. The van der Waals surface area contributed by atoms with Crippen molar-refractivity contribution < 1.29 is 4.74 Å². The first kappa shape index (κ1) is 15.9. The Labute approximate surface area is 129 Å². The van der Waals surface area contributed by atoms with Gasteiger partial charge in [0.1, 0.15) is 5.69 Å². The molecule has 0 amide bonds. The largest absolute Gasteiger partial charge is 0.493 e. The summed E-state index contributed by atoms with van der Waals surface area (Å²) in [5.41, 5.74) is 2.09. The topological polar surface area (TPSA) is 64.9 Å². The Morgan fingerprint density at radius 2 is 2.19 bits per heavy atom. The zero-order valence-electron chi connectivity index (χ0n) is 13.1. The second kappa shape index (κ2) is 7.51. The summed E-state index contributed by atoms with van der Waals surface area (Å²) in [6, 6.07) is 0.0253. The van der Waals surface area contributed by atoms with Crippen molar-refractivity contribution in [1.82, 2.24) is 24.7 Å². The molecule has 7 heteroatoms. The lowest BCUT2D eigenvalue weighted by molar-refractivity contribution is 0.399. The molecule has 2 aromatic rings. The molecule has 116 valence electrons. The maximum absolute atomic E-state index is 5.50. The van der Waals surface area contributed by atoms with Crippen LogP contribution in [0.4, 0.5) is 0 Å². The first-order valence-corrected chi connectivity index (χ1v) is 8.18. The summed E-state index contributed by atoms with van der Waals surface area (Å²) in [6.45, 7) is 8.06. The van der Waals surface area contributed by atoms with Crippen LogP contribution in [0.25, 0.3) is 0 Å². The minimum absolute atomic E-state index is 0.0253. The highest BCUT2D eigenvalue weighted by atomic mass is 32.1. The van der Waals surface area contributed by atoms with Crippen molar-refractivity contribution in [2.24, 2.45) is 0 Å². The fourth-order valence-electron chi connectivity index (χ4n) is 2.36. The molecule has 6 nitrogen and oxygen atoms in total. The molecule has 21 heavy (non-hydrogen) atoms. The molecule has 2 rings (SSSR count). The highest BCUT2D eigenvalue weighted by Gasteiger charge is 2.26. The van der Waals surface area contributed by atoms with Gasteiger partial charge in [0.15, 0.2) is 5.75 Å². The first-order chi connectivity index (χ1) is 10.3. The number of methoxy groups -OCH3 is 1. The summed E-state index contributed by atoms with van der Waals surface area (Å²) in [4.78, 5) is 1.15. The maximum atomic E-state index is 5.50. The average molecular weight is 309 g/mol. The Bertz CT molecular complexity index is 544. The molecular formula is C14H23N5OS. The molecule has 0 aliphatic heterocycles. The fraction of sp³-hybridized carbons (Fsp3) is 0.643. The van der Waals surface area contributed by atoms with Crippen molar-refractivity contribution in [1.29, 1.82) is 0 Å². The normalized spacial score (nSPS) is 12.6. The molecule has 0 aliphatic carbocycles. The number of ether oxygens (including phenoxy) is 1. The number of rotatable bonds is 8. The maximum Gasteiger partial charge on any atom is 0.161 e. The van der Waals surface area contributed by atoms with Gasteiger partial charge >= 0.3 is 0 Å². The number of aromatic nitrogens is 4. The molecule has 0 aliphatic rings. The van der Waals surface area contributed by atoms with Gasteiger partial charge in [-0.1, -0.05) is 18.3 Å². The van der Waals surface area contributed by atoms with Gasteiger partial charge in [-0.05, 0) is 37.8 Å². The highest BCUT2D eigenvalue weighted by Crippen LogP contribution is 2.33. The minimum Gasteiger partial charge on any atom is -0.493 e. The second-order valence-corrected chi connectivity index (χ2v) is 5.52. The van der Waals surface area contributed by atoms with Crippen LogP contribution in [0.1, 0.15) is 49.5 Å². The van der Waals surface area contributed by atoms with Crippen molar-refractivity contribution in [3.63, 3.8) is 0 Å². The summed E-state index contributed by atoms with van der Waals surface area (Å²) in [5.74, 6) is 0.806. The van der Waals surface area contributed by atoms with Gasteiger partial charge in [-0.15, -0.1) is 5.10 Å². The molecule has 2 aromatic heterocycles. The van der Waals surface area contributed by atoms with E-state index in [1.54, 1.807) is 13.3 Å². The second-order valence-electron chi connectivity index (χ2n) is 4.74. The molecule has 1 unspecified atom stereocenters. The lowest BCUT2D eigenvalue weighted by atomic mass is 10.1. The van der Waals surface area contributed by atoms with Crippen LogP contribution in [-0.4, -0.2) is 33.0 Å². The predicted molar refractivity (Wildman–Crippen MR) is 83.9 cm³/mol. The van der Waals surface area contributed by atoms with Gasteiger partial charge in [0.25, 0.3) is 0 Å². The van der Waals surface area contributed by atoms with E-state index in [-0.39, 0.29) is 6.04 Å². The smallest absolute Gasteiger partial charge is 0.161 e. The molecule has 0 bridgehead atoms. The van der Waals surface area contributed by atoms with E-state index in [2.05, 4.69) is 40.8 Å². The zero-order valence-corrected chi connectivity index (χ0v) is 13.9. The van der Waals surface area contributed by atoms with Crippen LogP contribution in [0.5, 0.6) is 5.75 Å². The standard InChI is InChI=1S/C14H23N5OS/c1-5-8-15-12(14-10(6-2)17-18-21-14)13-11(20-4)9-16-19(13)7-3/h9,12,15H,5-8H2,1-4H3. The average Bonchev–Trinajstić information content (AvgIpc) is 3.14. The molecule has 1 N–H and O–H groups in total. The van der Waals surface area contributed by atoms with Crippen molar-refractivity contribution in [3.05, 3.63) is 22.5 Å². The van der Waals surface area contributed by atoms with E-state index in [0.717, 1.165) is 47.9 Å². The molecule has 0 radical (unpaired) electrons. The Kier molecular flexibility index (Phi) is 5.69. The number of nitrogens with zero attached hydrogens (tertiary/aromatic N) is 4. The molecule has 1 atom stereocenters. The van der Waals surface area contributed by atoms with Gasteiger partial charge in [0, 0.05) is 6.54 Å². The van der Waals surface area contributed by atoms with Gasteiger partial charge in [0.2, 0.25) is 0 Å². The Morgan fingerprint density at radius 3 is 2.81 bits per heavy atom. The third-order valence-electron chi connectivity index (χ3n) is 3.42. The monoisotopic (exact) mass is 309 g/mol. The fourth-order valence-corrected chi connectivity index (χ4v) is 3.18. The zero-order chi connectivity index (χ0) is 15.2. The van der Waals surface area contributed by atoms with Crippen molar-refractivity contribution >= 4 is 11.5 Å². The van der Waals surface area contributed by atoms with Crippen molar-refractivity contribution in [3.8, 4) is 5.75 Å². The summed E-state index contributed by atoms with van der Waals surface area (Å²) < 4.78 is 11.6. The number of aryl methyl sites for hydroxylation is 2. The van der Waals surface area contributed by atoms with E-state index >= 15 is 0 Å². The lowest BCUT2D eigenvalue weighted by Crippen LogP contribution is -2.26. The Morgan fingerprint density at radius 1 is 1.38 bits per heavy atom. The van der Waals surface area contributed by atoms with Crippen LogP contribution in [0.15, 0.2) is 6.20 Å². The van der Waals surface area contributed by atoms with E-state index in [0.29, 0.717) is 0 Å². The number of hydrogen-bond donors (Lipinski definition) is 1. The highest BCUT2D eigenvalue weighted by molar-refractivity contribution is 7.05. The van der Waals surface area contributed by atoms with Crippen LogP contribution >= 0.6 is 11.5 Å². The quantitative estimate of drug-likeness (QED) is 0.811. The predicted octanol–water partition coefficient (Wildman–Crippen LogP) is 2.41. The van der Waals surface area contributed by atoms with E-state index in [1.165, 1.54) is 11.5 Å². The van der Waals surface area contributed by atoms with Gasteiger partial charge in [0.05, 0.1) is 29.9 Å². The molecule has 0 saturated heterocycles. The molecule has 0 spiro atoms. The van der Waals surface area contributed by atoms with Crippen LogP contribution in [0.3, 0.4) is 0 Å². The SMILES string of the molecule is CCCNC(c1snnc1CC)c1c(OC)cnn1CC. The molecule has 2 heterocycles. The summed E-state index contributed by atoms with van der Waals surface area (Å²) in [5, 5.41) is 12.2. The van der Waals surface area contributed by atoms with Crippen LogP contribution in [0, 0.1) is 0 Å². The van der Waals surface area contributed by atoms with Crippen molar-refractivity contribution in [2.45, 2.75) is 46.2 Å². The molecule has 0 aromatic carbocycles. The third-order valence-corrected chi connectivity index (χ3v) is 4.25. The van der Waals surface area contributed by atoms with E-state index in [9.17, 15) is 0 Å². The number of hydrogen-bond acceptors (Lipinski definition) is 6. The van der Waals surface area contributed by atoms with Crippen molar-refractivity contribution in [2.75, 3.05) is 13.7 Å². The van der Waals surface area contributed by atoms with E-state index in [1.807, 2.05) is 4.68 Å². The van der Waals surface area contributed by atoms with Gasteiger partial charge in [-0.25, -0.2) is 0 Å². The Hall–Kier alpha value is -1.47. The molecule has 0 saturated carbocycles. The first-order valence-electron chi connectivity index (χ1n) is 7.40. The van der Waals surface area contributed by atoms with Gasteiger partial charge in [-0.2, -0.15) is 5.10 Å². The molecule has 0 fully saturated rings. The van der Waals surface area contributed by atoms with E-state index in [4.69, 9.17) is 4.74 Å². The number of nitrogens with one attached hydrogen (secondary N) is 1. The van der Waals surface area contributed by atoms with Crippen LogP contribution in [-0.2, 0) is 13.0 Å². The Balaban J connectivity index is 2.47.